The molecule has 0 saturated carbocycles. The van der Waals surface area contributed by atoms with Crippen LogP contribution >= 0.6 is 0 Å². The van der Waals surface area contributed by atoms with Crippen LogP contribution in [-0.2, 0) is 0 Å². The summed E-state index contributed by atoms with van der Waals surface area (Å²) in [6, 6.07) is 15.1. The summed E-state index contributed by atoms with van der Waals surface area (Å²) >= 11 is 0. The standard InChI is InChI=1S/C16H20N2/c1-12-5-8-14(17-2)11-16(12)13-6-9-15(10-7-13)18(3)4/h5-11,17H,1-4H3. The molecule has 2 heteroatoms. The number of nitrogens with one attached hydrogen (secondary N) is 1. The van der Waals surface area contributed by atoms with Crippen molar-refractivity contribution in [3.63, 3.8) is 0 Å². The quantitative estimate of drug-likeness (QED) is 0.878. The van der Waals surface area contributed by atoms with Crippen LogP contribution in [0.1, 0.15) is 5.56 Å². The largest absolute Gasteiger partial charge is 0.388 e. The topological polar surface area (TPSA) is 15.3 Å². The van der Waals surface area contributed by atoms with Crippen molar-refractivity contribution in [1.82, 2.24) is 0 Å². The summed E-state index contributed by atoms with van der Waals surface area (Å²) in [7, 11) is 6.06. The van der Waals surface area contributed by atoms with Crippen LogP contribution in [0.25, 0.3) is 11.1 Å². The lowest BCUT2D eigenvalue weighted by Gasteiger charge is -2.14. The van der Waals surface area contributed by atoms with Crippen molar-refractivity contribution in [2.24, 2.45) is 0 Å². The Bertz CT molecular complexity index is 527. The molecule has 0 aliphatic rings. The minimum atomic E-state index is 1.15. The van der Waals surface area contributed by atoms with Crippen LogP contribution in [0.2, 0.25) is 0 Å². The molecule has 0 heterocycles. The predicted molar refractivity (Wildman–Crippen MR) is 80.5 cm³/mol. The molecule has 0 aromatic heterocycles. The Labute approximate surface area is 109 Å². The summed E-state index contributed by atoms with van der Waals surface area (Å²) in [6.45, 7) is 2.15. The Hall–Kier alpha value is -1.96. The molecular formula is C16H20N2. The van der Waals surface area contributed by atoms with Gasteiger partial charge in [-0.15, -0.1) is 0 Å². The highest BCUT2D eigenvalue weighted by molar-refractivity contribution is 5.72. The normalized spacial score (nSPS) is 10.2. The fraction of sp³-hybridized carbons (Fsp3) is 0.250. The lowest BCUT2D eigenvalue weighted by Crippen LogP contribution is -2.07. The first-order valence-electron chi connectivity index (χ1n) is 6.18. The van der Waals surface area contributed by atoms with Gasteiger partial charge in [-0.3, -0.25) is 0 Å². The summed E-state index contributed by atoms with van der Waals surface area (Å²) in [6.07, 6.45) is 0. The minimum Gasteiger partial charge on any atom is -0.388 e. The molecule has 2 nitrogen and oxygen atoms in total. The first-order valence-corrected chi connectivity index (χ1v) is 6.18. The summed E-state index contributed by atoms with van der Waals surface area (Å²) in [5.41, 5.74) is 6.21. The summed E-state index contributed by atoms with van der Waals surface area (Å²) < 4.78 is 0. The Balaban J connectivity index is 2.41. The van der Waals surface area contributed by atoms with Crippen molar-refractivity contribution >= 4 is 11.4 Å². The SMILES string of the molecule is CNc1ccc(C)c(-c2ccc(N(C)C)cc2)c1. The van der Waals surface area contributed by atoms with E-state index in [-0.39, 0.29) is 0 Å². The Morgan fingerprint density at radius 1 is 0.944 bits per heavy atom. The molecule has 0 aliphatic heterocycles. The molecule has 2 aromatic carbocycles. The van der Waals surface area contributed by atoms with E-state index >= 15 is 0 Å². The van der Waals surface area contributed by atoms with E-state index in [1.54, 1.807) is 0 Å². The smallest absolute Gasteiger partial charge is 0.0361 e. The number of rotatable bonds is 3. The monoisotopic (exact) mass is 240 g/mol. The lowest BCUT2D eigenvalue weighted by atomic mass is 9.99. The fourth-order valence-electron chi connectivity index (χ4n) is 2.03. The molecule has 0 spiro atoms. The summed E-state index contributed by atoms with van der Waals surface area (Å²) in [4.78, 5) is 2.11. The van der Waals surface area contributed by atoms with E-state index in [0.717, 1.165) is 5.69 Å². The Kier molecular flexibility index (Phi) is 3.56. The number of anilines is 2. The highest BCUT2D eigenvalue weighted by Gasteiger charge is 2.03. The number of hydrogen-bond acceptors (Lipinski definition) is 2. The fourth-order valence-corrected chi connectivity index (χ4v) is 2.03. The van der Waals surface area contributed by atoms with Gasteiger partial charge < -0.3 is 10.2 Å². The van der Waals surface area contributed by atoms with Crippen molar-refractivity contribution < 1.29 is 0 Å². The van der Waals surface area contributed by atoms with Crippen LogP contribution < -0.4 is 10.2 Å². The van der Waals surface area contributed by atoms with Crippen LogP contribution in [0.5, 0.6) is 0 Å². The maximum atomic E-state index is 3.19. The van der Waals surface area contributed by atoms with Gasteiger partial charge in [0.2, 0.25) is 0 Å². The predicted octanol–water partition coefficient (Wildman–Crippen LogP) is 3.77. The Morgan fingerprint density at radius 3 is 2.17 bits per heavy atom. The number of nitrogens with zero attached hydrogens (tertiary/aromatic N) is 1. The van der Waals surface area contributed by atoms with E-state index in [0.29, 0.717) is 0 Å². The van der Waals surface area contributed by atoms with Gasteiger partial charge >= 0.3 is 0 Å². The molecule has 2 rings (SSSR count). The zero-order chi connectivity index (χ0) is 13.1. The molecule has 94 valence electrons. The molecule has 0 bridgehead atoms. The summed E-state index contributed by atoms with van der Waals surface area (Å²) in [5, 5.41) is 3.19. The second-order valence-electron chi connectivity index (χ2n) is 4.72. The zero-order valence-electron chi connectivity index (χ0n) is 11.5. The van der Waals surface area contributed by atoms with Gasteiger partial charge in [-0.1, -0.05) is 18.2 Å². The molecular weight excluding hydrogens is 220 g/mol. The third-order valence-corrected chi connectivity index (χ3v) is 3.22. The van der Waals surface area contributed by atoms with Crippen molar-refractivity contribution in [3.05, 3.63) is 48.0 Å². The molecule has 18 heavy (non-hydrogen) atoms. The van der Waals surface area contributed by atoms with Crippen LogP contribution in [0.3, 0.4) is 0 Å². The number of hydrogen-bond donors (Lipinski definition) is 1. The first kappa shape index (κ1) is 12.5. The van der Waals surface area contributed by atoms with E-state index in [1.165, 1.54) is 22.4 Å². The highest BCUT2D eigenvalue weighted by Crippen LogP contribution is 2.27. The molecule has 1 N–H and O–H groups in total. The van der Waals surface area contributed by atoms with E-state index in [2.05, 4.69) is 73.7 Å². The van der Waals surface area contributed by atoms with Gasteiger partial charge in [-0.25, -0.2) is 0 Å². The van der Waals surface area contributed by atoms with Crippen molar-refractivity contribution in [2.75, 3.05) is 31.4 Å². The average Bonchev–Trinajstić information content (AvgIpc) is 2.39. The number of benzene rings is 2. The zero-order valence-corrected chi connectivity index (χ0v) is 11.5. The van der Waals surface area contributed by atoms with E-state index < -0.39 is 0 Å². The van der Waals surface area contributed by atoms with Crippen LogP contribution in [0.4, 0.5) is 11.4 Å². The van der Waals surface area contributed by atoms with Gasteiger partial charge in [0.15, 0.2) is 0 Å². The molecule has 0 aliphatic carbocycles. The van der Waals surface area contributed by atoms with Crippen LogP contribution in [-0.4, -0.2) is 21.1 Å². The Morgan fingerprint density at radius 2 is 1.61 bits per heavy atom. The minimum absolute atomic E-state index is 1.15. The van der Waals surface area contributed by atoms with E-state index in [1.807, 2.05) is 7.05 Å². The van der Waals surface area contributed by atoms with Gasteiger partial charge in [0.25, 0.3) is 0 Å². The molecule has 0 amide bonds. The second kappa shape index (κ2) is 5.13. The second-order valence-corrected chi connectivity index (χ2v) is 4.72. The molecule has 0 saturated heterocycles. The van der Waals surface area contributed by atoms with Crippen molar-refractivity contribution in [3.8, 4) is 11.1 Å². The molecule has 0 atom stereocenters. The van der Waals surface area contributed by atoms with Crippen molar-refractivity contribution in [1.29, 1.82) is 0 Å². The van der Waals surface area contributed by atoms with Gasteiger partial charge in [-0.2, -0.15) is 0 Å². The molecule has 2 aromatic rings. The first-order chi connectivity index (χ1) is 8.61. The maximum absolute atomic E-state index is 3.19. The molecule has 0 fully saturated rings. The van der Waals surface area contributed by atoms with Gasteiger partial charge in [0.05, 0.1) is 0 Å². The van der Waals surface area contributed by atoms with Crippen LogP contribution in [0, 0.1) is 6.92 Å². The van der Waals surface area contributed by atoms with Crippen molar-refractivity contribution in [2.45, 2.75) is 6.92 Å². The molecule has 0 unspecified atom stereocenters. The van der Waals surface area contributed by atoms with E-state index in [9.17, 15) is 0 Å². The molecule has 0 radical (unpaired) electrons. The maximum Gasteiger partial charge on any atom is 0.0361 e. The van der Waals surface area contributed by atoms with Crippen LogP contribution in [0.15, 0.2) is 42.5 Å². The third kappa shape index (κ3) is 2.48. The average molecular weight is 240 g/mol. The van der Waals surface area contributed by atoms with E-state index in [4.69, 9.17) is 0 Å². The highest BCUT2D eigenvalue weighted by atomic mass is 15.1. The lowest BCUT2D eigenvalue weighted by molar-refractivity contribution is 1.13. The number of aryl methyl sites for hydroxylation is 1. The van der Waals surface area contributed by atoms with Gasteiger partial charge in [-0.05, 0) is 47.9 Å². The van der Waals surface area contributed by atoms with Gasteiger partial charge in [0, 0.05) is 32.5 Å². The van der Waals surface area contributed by atoms with Gasteiger partial charge in [0.1, 0.15) is 0 Å². The third-order valence-electron chi connectivity index (χ3n) is 3.22. The summed E-state index contributed by atoms with van der Waals surface area (Å²) in [5.74, 6) is 0.